The maximum absolute atomic E-state index is 11.8. The lowest BCUT2D eigenvalue weighted by molar-refractivity contribution is -0.380. The minimum atomic E-state index is -0.689. The van der Waals surface area contributed by atoms with Crippen LogP contribution in [0.1, 0.15) is 15.4 Å². The Kier molecular flexibility index (Phi) is 3.69. The number of fused-ring (bicyclic) bond motifs is 1. The van der Waals surface area contributed by atoms with E-state index >= 15 is 0 Å². The first-order valence-electron chi connectivity index (χ1n) is 5.92. The normalized spacial score (nSPS) is 10.7. The molecule has 3 aromatic rings. The van der Waals surface area contributed by atoms with E-state index in [1.807, 2.05) is 0 Å². The van der Waals surface area contributed by atoms with Gasteiger partial charge in [0.1, 0.15) is 11.5 Å². The van der Waals surface area contributed by atoms with Gasteiger partial charge in [-0.25, -0.2) is 9.78 Å². The number of esters is 1. The fraction of sp³-hybridized carbons (Fsp3) is 0.0833. The Labute approximate surface area is 130 Å². The van der Waals surface area contributed by atoms with E-state index in [0.29, 0.717) is 10.7 Å². The molecule has 3 rings (SSSR count). The first kappa shape index (κ1) is 14.4. The van der Waals surface area contributed by atoms with E-state index in [1.54, 1.807) is 11.6 Å². The number of carbonyl (C=O) groups excluding carboxylic acids is 1. The highest BCUT2D eigenvalue weighted by atomic mass is 32.1. The first-order valence-corrected chi connectivity index (χ1v) is 7.61. The highest BCUT2D eigenvalue weighted by Gasteiger charge is 2.16. The highest BCUT2D eigenvalue weighted by Crippen LogP contribution is 2.24. The summed E-state index contributed by atoms with van der Waals surface area (Å²) in [6.45, 7) is -0.172. The van der Waals surface area contributed by atoms with Gasteiger partial charge in [-0.2, -0.15) is 0 Å². The molecule has 0 spiro atoms. The van der Waals surface area contributed by atoms with Gasteiger partial charge in [0, 0.05) is 23.7 Å². The number of rotatable bonds is 4. The Bertz CT molecular complexity index is 926. The second-order valence-corrected chi connectivity index (χ2v) is 6.05. The van der Waals surface area contributed by atoms with Crippen molar-refractivity contribution in [3.05, 3.63) is 60.8 Å². The summed E-state index contributed by atoms with van der Waals surface area (Å²) in [4.78, 5) is 38.4. The topological polar surface area (TPSA) is 104 Å². The van der Waals surface area contributed by atoms with Gasteiger partial charge in [0.05, 0.1) is 10.6 Å². The molecule has 10 heteroatoms. The van der Waals surface area contributed by atoms with E-state index in [-0.39, 0.29) is 22.0 Å². The summed E-state index contributed by atoms with van der Waals surface area (Å²) in [6.07, 6.45) is 1.61. The van der Waals surface area contributed by atoms with Crippen LogP contribution in [0.15, 0.2) is 34.6 Å². The number of hydrogen-bond acceptors (Lipinski definition) is 8. The lowest BCUT2D eigenvalue weighted by Crippen LogP contribution is -2.14. The van der Waals surface area contributed by atoms with Crippen molar-refractivity contribution < 1.29 is 14.5 Å². The third kappa shape index (κ3) is 2.73. The van der Waals surface area contributed by atoms with Crippen molar-refractivity contribution >= 4 is 38.6 Å². The summed E-state index contributed by atoms with van der Waals surface area (Å²) in [5.41, 5.74) is 0.0657. The minimum absolute atomic E-state index is 0.126. The van der Waals surface area contributed by atoms with Crippen LogP contribution in [0.2, 0.25) is 0 Å². The molecule has 22 heavy (non-hydrogen) atoms. The minimum Gasteiger partial charge on any atom is -0.455 e. The van der Waals surface area contributed by atoms with Crippen LogP contribution in [0.5, 0.6) is 0 Å². The van der Waals surface area contributed by atoms with Gasteiger partial charge < -0.3 is 4.74 Å². The summed E-state index contributed by atoms with van der Waals surface area (Å²) in [7, 11) is 0. The summed E-state index contributed by atoms with van der Waals surface area (Å²) in [5.74, 6) is -0.689. The molecule has 112 valence electrons. The van der Waals surface area contributed by atoms with Crippen molar-refractivity contribution in [2.75, 3.05) is 0 Å². The van der Waals surface area contributed by atoms with Crippen molar-refractivity contribution in [1.29, 1.82) is 0 Å². The Hall–Kier alpha value is -2.59. The molecule has 0 amide bonds. The highest BCUT2D eigenvalue weighted by molar-refractivity contribution is 7.17. The molecule has 0 saturated heterocycles. The molecule has 0 saturated carbocycles. The standard InChI is InChI=1S/C12H7N3O5S2/c16-9-5-7(13-12-14(9)3-4-21-12)6-20-11(17)8-1-2-10(22-8)15(18)19/h1-5H,6H2. The Morgan fingerprint density at radius 2 is 2.27 bits per heavy atom. The zero-order chi connectivity index (χ0) is 15.7. The molecular weight excluding hydrogens is 330 g/mol. The van der Waals surface area contributed by atoms with Crippen molar-refractivity contribution in [1.82, 2.24) is 9.38 Å². The fourth-order valence-electron chi connectivity index (χ4n) is 1.71. The summed E-state index contributed by atoms with van der Waals surface area (Å²) in [6, 6.07) is 3.85. The van der Waals surface area contributed by atoms with Crippen molar-refractivity contribution in [3.8, 4) is 0 Å². The predicted octanol–water partition coefficient (Wildman–Crippen LogP) is 2.08. The van der Waals surface area contributed by atoms with E-state index in [1.165, 1.54) is 33.9 Å². The molecule has 0 bridgehead atoms. The smallest absolute Gasteiger partial charge is 0.348 e. The maximum Gasteiger partial charge on any atom is 0.348 e. The summed E-state index contributed by atoms with van der Waals surface area (Å²) < 4.78 is 6.42. The van der Waals surface area contributed by atoms with Gasteiger partial charge in [-0.15, -0.1) is 11.3 Å². The van der Waals surface area contributed by atoms with Gasteiger partial charge in [0.2, 0.25) is 0 Å². The quantitative estimate of drug-likeness (QED) is 0.410. The van der Waals surface area contributed by atoms with E-state index in [2.05, 4.69) is 4.98 Å². The van der Waals surface area contributed by atoms with Crippen LogP contribution in [0.25, 0.3) is 4.96 Å². The third-order valence-electron chi connectivity index (χ3n) is 2.68. The zero-order valence-electron chi connectivity index (χ0n) is 10.8. The number of thiophene rings is 1. The molecule has 0 aromatic carbocycles. The zero-order valence-corrected chi connectivity index (χ0v) is 12.4. The number of ether oxygens (including phenoxy) is 1. The summed E-state index contributed by atoms with van der Waals surface area (Å²) in [5, 5.41) is 12.2. The SMILES string of the molecule is O=C(OCc1cc(=O)n2ccsc2n1)c1ccc([N+](=O)[O-])s1. The van der Waals surface area contributed by atoms with E-state index in [0.717, 1.165) is 11.3 Å². The molecule has 0 aliphatic carbocycles. The summed E-state index contributed by atoms with van der Waals surface area (Å²) >= 11 is 2.02. The number of aromatic nitrogens is 2. The van der Waals surface area contributed by atoms with Gasteiger partial charge in [-0.05, 0) is 6.07 Å². The van der Waals surface area contributed by atoms with Crippen LogP contribution < -0.4 is 5.56 Å². The molecule has 0 radical (unpaired) electrons. The Morgan fingerprint density at radius 3 is 3.00 bits per heavy atom. The van der Waals surface area contributed by atoms with Crippen LogP contribution in [-0.2, 0) is 11.3 Å². The second kappa shape index (κ2) is 5.66. The molecule has 8 nitrogen and oxygen atoms in total. The van der Waals surface area contributed by atoms with Crippen LogP contribution in [0.4, 0.5) is 5.00 Å². The van der Waals surface area contributed by atoms with E-state index in [9.17, 15) is 19.7 Å². The van der Waals surface area contributed by atoms with Gasteiger partial charge in [0.25, 0.3) is 5.56 Å². The monoisotopic (exact) mass is 337 g/mol. The third-order valence-corrected chi connectivity index (χ3v) is 4.45. The molecule has 3 heterocycles. The predicted molar refractivity (Wildman–Crippen MR) is 79.4 cm³/mol. The van der Waals surface area contributed by atoms with Gasteiger partial charge in [0.15, 0.2) is 4.96 Å². The number of carbonyl (C=O) groups is 1. The molecule has 0 fully saturated rings. The number of nitrogens with zero attached hydrogens (tertiary/aromatic N) is 3. The number of thiazole rings is 1. The van der Waals surface area contributed by atoms with Crippen molar-refractivity contribution in [2.24, 2.45) is 0 Å². The van der Waals surface area contributed by atoms with Crippen LogP contribution >= 0.6 is 22.7 Å². The fourth-order valence-corrected chi connectivity index (χ4v) is 3.16. The van der Waals surface area contributed by atoms with E-state index in [4.69, 9.17) is 4.74 Å². The lowest BCUT2D eigenvalue weighted by atomic mass is 10.4. The molecule has 0 N–H and O–H groups in total. The average molecular weight is 337 g/mol. The Balaban J connectivity index is 1.74. The van der Waals surface area contributed by atoms with Crippen LogP contribution in [-0.4, -0.2) is 20.3 Å². The molecular formula is C12H7N3O5S2. The maximum atomic E-state index is 11.8. The lowest BCUT2D eigenvalue weighted by Gasteiger charge is -2.02. The molecule has 0 aliphatic heterocycles. The second-order valence-electron chi connectivity index (χ2n) is 4.11. The Morgan fingerprint density at radius 1 is 1.45 bits per heavy atom. The van der Waals surface area contributed by atoms with Crippen LogP contribution in [0.3, 0.4) is 0 Å². The van der Waals surface area contributed by atoms with Gasteiger partial charge in [-0.3, -0.25) is 19.3 Å². The molecule has 0 atom stereocenters. The largest absolute Gasteiger partial charge is 0.455 e. The van der Waals surface area contributed by atoms with Crippen molar-refractivity contribution in [3.63, 3.8) is 0 Å². The number of nitro groups is 1. The van der Waals surface area contributed by atoms with Gasteiger partial charge >= 0.3 is 11.0 Å². The molecule has 0 unspecified atom stereocenters. The van der Waals surface area contributed by atoms with E-state index < -0.39 is 10.9 Å². The molecule has 3 aromatic heterocycles. The first-order chi connectivity index (χ1) is 10.5. The van der Waals surface area contributed by atoms with Crippen molar-refractivity contribution in [2.45, 2.75) is 6.61 Å². The van der Waals surface area contributed by atoms with Gasteiger partial charge in [-0.1, -0.05) is 11.3 Å². The number of hydrogen-bond donors (Lipinski definition) is 0. The molecule has 0 aliphatic rings. The average Bonchev–Trinajstić information content (AvgIpc) is 3.13. The van der Waals surface area contributed by atoms with Crippen LogP contribution in [0, 0.1) is 10.1 Å².